The third-order valence-corrected chi connectivity index (χ3v) is 1.23. The Labute approximate surface area is 54.2 Å². The van der Waals surface area contributed by atoms with Crippen LogP contribution in [0.1, 0.15) is 13.8 Å². The molecule has 0 radical (unpaired) electrons. The predicted molar refractivity (Wildman–Crippen MR) is 40.2 cm³/mol. The minimum absolute atomic E-state index is 0.368. The van der Waals surface area contributed by atoms with Crippen LogP contribution in [0.25, 0.3) is 0 Å². The standard InChI is InChI=1S/C6H14OSi/c1-6(2)7-4-3-5-8/h3,5-6H,4H2,1-2,8H3. The van der Waals surface area contributed by atoms with Crippen LogP contribution in [-0.4, -0.2) is 23.0 Å². The van der Waals surface area contributed by atoms with Crippen molar-refractivity contribution in [1.82, 2.24) is 0 Å². The minimum atomic E-state index is 0.368. The predicted octanol–water partition coefficient (Wildman–Crippen LogP) is 0.290. The Morgan fingerprint density at radius 2 is 2.25 bits per heavy atom. The van der Waals surface area contributed by atoms with Crippen molar-refractivity contribution in [1.29, 1.82) is 0 Å². The highest BCUT2D eigenvalue weighted by atomic mass is 28.1. The minimum Gasteiger partial charge on any atom is -0.375 e. The molecule has 0 aliphatic heterocycles. The van der Waals surface area contributed by atoms with E-state index < -0.39 is 0 Å². The zero-order chi connectivity index (χ0) is 6.41. The quantitative estimate of drug-likeness (QED) is 0.499. The number of hydrogen-bond acceptors (Lipinski definition) is 1. The lowest BCUT2D eigenvalue weighted by Crippen LogP contribution is -2.01. The van der Waals surface area contributed by atoms with E-state index in [4.69, 9.17) is 4.74 Å². The molecule has 0 amide bonds. The van der Waals surface area contributed by atoms with Gasteiger partial charge in [-0.1, -0.05) is 6.08 Å². The SMILES string of the molecule is CC(C)OCC=C[SiH3]. The normalized spacial score (nSPS) is 11.9. The summed E-state index contributed by atoms with van der Waals surface area (Å²) >= 11 is 0. The Hall–Kier alpha value is -0.0831. The second-order valence-electron chi connectivity index (χ2n) is 1.95. The molecule has 0 bridgehead atoms. The summed E-state index contributed by atoms with van der Waals surface area (Å²) in [7, 11) is 1.14. The highest BCUT2D eigenvalue weighted by Crippen LogP contribution is 1.85. The molecule has 0 fully saturated rings. The third-order valence-electron chi connectivity index (χ3n) is 0.761. The molecule has 0 aromatic rings. The lowest BCUT2D eigenvalue weighted by Gasteiger charge is -2.01. The summed E-state index contributed by atoms with van der Waals surface area (Å²) in [6.07, 6.45) is 2.43. The molecule has 2 heteroatoms. The third kappa shape index (κ3) is 5.92. The van der Waals surface area contributed by atoms with E-state index in [2.05, 4.69) is 11.8 Å². The molecule has 0 N–H and O–H groups in total. The molecule has 0 spiro atoms. The van der Waals surface area contributed by atoms with Crippen molar-refractivity contribution in [2.24, 2.45) is 0 Å². The van der Waals surface area contributed by atoms with Gasteiger partial charge in [0.2, 0.25) is 0 Å². The molecular formula is C6H14OSi. The van der Waals surface area contributed by atoms with Crippen molar-refractivity contribution in [2.45, 2.75) is 20.0 Å². The van der Waals surface area contributed by atoms with E-state index in [1.807, 2.05) is 13.8 Å². The van der Waals surface area contributed by atoms with Crippen LogP contribution in [-0.2, 0) is 4.74 Å². The smallest absolute Gasteiger partial charge is 0.0646 e. The Morgan fingerprint density at radius 1 is 1.62 bits per heavy atom. The van der Waals surface area contributed by atoms with Crippen molar-refractivity contribution in [3.8, 4) is 0 Å². The van der Waals surface area contributed by atoms with Gasteiger partial charge < -0.3 is 4.74 Å². The molecule has 0 heterocycles. The fraction of sp³-hybridized carbons (Fsp3) is 0.667. The summed E-state index contributed by atoms with van der Waals surface area (Å²) in [5.74, 6) is 0. The Balaban J connectivity index is 2.93. The van der Waals surface area contributed by atoms with Gasteiger partial charge in [0.1, 0.15) is 0 Å². The van der Waals surface area contributed by atoms with E-state index in [0.29, 0.717) is 6.10 Å². The van der Waals surface area contributed by atoms with Gasteiger partial charge in [-0.15, -0.1) is 5.70 Å². The van der Waals surface area contributed by atoms with Gasteiger partial charge in [-0.2, -0.15) is 0 Å². The van der Waals surface area contributed by atoms with Crippen molar-refractivity contribution in [2.75, 3.05) is 6.61 Å². The van der Waals surface area contributed by atoms with Gasteiger partial charge in [0.05, 0.1) is 12.7 Å². The summed E-state index contributed by atoms with van der Waals surface area (Å²) in [6, 6.07) is 0. The van der Waals surface area contributed by atoms with E-state index in [0.717, 1.165) is 16.8 Å². The maximum absolute atomic E-state index is 5.22. The topological polar surface area (TPSA) is 9.23 Å². The van der Waals surface area contributed by atoms with E-state index in [1.54, 1.807) is 0 Å². The maximum atomic E-state index is 5.22. The zero-order valence-electron chi connectivity index (χ0n) is 5.85. The highest BCUT2D eigenvalue weighted by Gasteiger charge is 1.85. The molecule has 0 aliphatic rings. The molecule has 0 aromatic carbocycles. The van der Waals surface area contributed by atoms with Crippen LogP contribution in [0.2, 0.25) is 0 Å². The van der Waals surface area contributed by atoms with E-state index in [-0.39, 0.29) is 0 Å². The van der Waals surface area contributed by atoms with E-state index in [9.17, 15) is 0 Å². The van der Waals surface area contributed by atoms with Crippen molar-refractivity contribution >= 4 is 10.2 Å². The van der Waals surface area contributed by atoms with Crippen LogP contribution in [0, 0.1) is 0 Å². The summed E-state index contributed by atoms with van der Waals surface area (Å²) in [5.41, 5.74) is 2.13. The van der Waals surface area contributed by atoms with Crippen molar-refractivity contribution < 1.29 is 4.74 Å². The van der Waals surface area contributed by atoms with E-state index in [1.165, 1.54) is 0 Å². The molecule has 48 valence electrons. The molecule has 0 saturated heterocycles. The lowest BCUT2D eigenvalue weighted by atomic mass is 10.5. The molecule has 0 aliphatic carbocycles. The molecule has 0 unspecified atom stereocenters. The zero-order valence-corrected chi connectivity index (χ0v) is 7.85. The van der Waals surface area contributed by atoms with Gasteiger partial charge in [0.25, 0.3) is 0 Å². The van der Waals surface area contributed by atoms with Crippen LogP contribution in [0.15, 0.2) is 11.8 Å². The summed E-state index contributed by atoms with van der Waals surface area (Å²) < 4.78 is 5.22. The molecule has 1 nitrogen and oxygen atoms in total. The first kappa shape index (κ1) is 7.92. The Bertz CT molecular complexity index is 68.9. The maximum Gasteiger partial charge on any atom is 0.0646 e. The first-order chi connectivity index (χ1) is 3.77. The van der Waals surface area contributed by atoms with Gasteiger partial charge in [0, 0.05) is 10.2 Å². The molecule has 0 rings (SSSR count). The molecular weight excluding hydrogens is 116 g/mol. The van der Waals surface area contributed by atoms with Gasteiger partial charge in [-0.25, -0.2) is 0 Å². The van der Waals surface area contributed by atoms with Crippen LogP contribution >= 0.6 is 0 Å². The van der Waals surface area contributed by atoms with E-state index >= 15 is 0 Å². The lowest BCUT2D eigenvalue weighted by molar-refractivity contribution is 0.103. The second kappa shape index (κ2) is 5.06. The van der Waals surface area contributed by atoms with Crippen molar-refractivity contribution in [3.63, 3.8) is 0 Å². The average molecular weight is 130 g/mol. The largest absolute Gasteiger partial charge is 0.375 e. The fourth-order valence-electron chi connectivity index (χ4n) is 0.344. The van der Waals surface area contributed by atoms with Crippen LogP contribution in [0.4, 0.5) is 0 Å². The fourth-order valence-corrected chi connectivity index (χ4v) is 0.537. The van der Waals surface area contributed by atoms with Gasteiger partial charge in [-0.05, 0) is 13.8 Å². The highest BCUT2D eigenvalue weighted by molar-refractivity contribution is 6.16. The van der Waals surface area contributed by atoms with Crippen molar-refractivity contribution in [3.05, 3.63) is 11.8 Å². The van der Waals surface area contributed by atoms with Gasteiger partial charge >= 0.3 is 0 Å². The van der Waals surface area contributed by atoms with Gasteiger partial charge in [0.15, 0.2) is 0 Å². The number of hydrogen-bond donors (Lipinski definition) is 0. The van der Waals surface area contributed by atoms with Crippen LogP contribution < -0.4 is 0 Å². The Kier molecular flexibility index (Phi) is 5.01. The molecule has 8 heavy (non-hydrogen) atoms. The molecule has 0 saturated carbocycles. The first-order valence-corrected chi connectivity index (χ1v) is 4.15. The molecule has 0 atom stereocenters. The summed E-state index contributed by atoms with van der Waals surface area (Å²) in [6.45, 7) is 4.86. The first-order valence-electron chi connectivity index (χ1n) is 3.00. The summed E-state index contributed by atoms with van der Waals surface area (Å²) in [5, 5.41) is 0. The van der Waals surface area contributed by atoms with Gasteiger partial charge in [-0.3, -0.25) is 0 Å². The Morgan fingerprint density at radius 3 is 2.62 bits per heavy atom. The monoisotopic (exact) mass is 130 g/mol. The average Bonchev–Trinajstić information content (AvgIpc) is 1.66. The molecule has 0 aromatic heterocycles. The number of ether oxygens (including phenoxy) is 1. The number of rotatable bonds is 3. The summed E-state index contributed by atoms with van der Waals surface area (Å²) in [4.78, 5) is 0. The van der Waals surface area contributed by atoms with Crippen LogP contribution in [0.5, 0.6) is 0 Å². The second-order valence-corrected chi connectivity index (χ2v) is 2.62. The van der Waals surface area contributed by atoms with Crippen LogP contribution in [0.3, 0.4) is 0 Å².